The van der Waals surface area contributed by atoms with Crippen molar-refractivity contribution in [2.45, 2.75) is 30.8 Å². The van der Waals surface area contributed by atoms with Crippen LogP contribution < -0.4 is 11.2 Å². The third kappa shape index (κ3) is 2.49. The van der Waals surface area contributed by atoms with Crippen LogP contribution in [0.4, 0.5) is 0 Å². The highest BCUT2D eigenvalue weighted by atomic mass is 16.8. The van der Waals surface area contributed by atoms with E-state index in [1.54, 1.807) is 0 Å². The topological polar surface area (TPSA) is 103 Å². The van der Waals surface area contributed by atoms with Gasteiger partial charge in [-0.3, -0.25) is 14.3 Å². The highest BCUT2D eigenvalue weighted by molar-refractivity contribution is 5.17. The molecule has 8 heteroatoms. The Bertz CT molecular complexity index is 832. The summed E-state index contributed by atoms with van der Waals surface area (Å²) in [5.74, 6) is 0. The van der Waals surface area contributed by atoms with Gasteiger partial charge in [0.15, 0.2) is 12.5 Å². The van der Waals surface area contributed by atoms with Gasteiger partial charge in [0.2, 0.25) is 0 Å². The molecule has 2 saturated heterocycles. The molecule has 0 spiro atoms. The molecule has 2 fully saturated rings. The van der Waals surface area contributed by atoms with Gasteiger partial charge in [-0.2, -0.15) is 0 Å². The van der Waals surface area contributed by atoms with Gasteiger partial charge in [0.1, 0.15) is 18.3 Å². The number of aromatic amines is 1. The zero-order valence-corrected chi connectivity index (χ0v) is 12.6. The second-order valence-electron chi connectivity index (χ2n) is 5.71. The van der Waals surface area contributed by atoms with Crippen LogP contribution in [0.15, 0.2) is 52.2 Å². The summed E-state index contributed by atoms with van der Waals surface area (Å²) in [6.07, 6.45) is -1.74. The van der Waals surface area contributed by atoms with Crippen molar-refractivity contribution in [2.75, 3.05) is 6.61 Å². The Morgan fingerprint density at radius 3 is 2.50 bits per heavy atom. The highest BCUT2D eigenvalue weighted by Gasteiger charge is 2.53. The van der Waals surface area contributed by atoms with Crippen molar-refractivity contribution in [2.24, 2.45) is 0 Å². The molecule has 4 rings (SSSR count). The normalized spacial score (nSPS) is 32.0. The van der Waals surface area contributed by atoms with Crippen molar-refractivity contribution >= 4 is 0 Å². The Balaban J connectivity index is 1.66. The van der Waals surface area contributed by atoms with Crippen LogP contribution in [0.1, 0.15) is 18.1 Å². The first-order valence-corrected chi connectivity index (χ1v) is 7.61. The summed E-state index contributed by atoms with van der Waals surface area (Å²) in [4.78, 5) is 25.5. The van der Waals surface area contributed by atoms with E-state index in [9.17, 15) is 14.7 Å². The summed E-state index contributed by atoms with van der Waals surface area (Å²) in [6, 6.07) is 10.6. The first-order chi connectivity index (χ1) is 11.7. The van der Waals surface area contributed by atoms with Crippen LogP contribution in [0.5, 0.6) is 0 Å². The van der Waals surface area contributed by atoms with Crippen LogP contribution in [0, 0.1) is 0 Å². The lowest BCUT2D eigenvalue weighted by Gasteiger charge is -2.20. The maximum Gasteiger partial charge on any atom is 0.330 e. The number of hydrogen-bond donors (Lipinski definition) is 2. The van der Waals surface area contributed by atoms with Gasteiger partial charge < -0.3 is 19.3 Å². The number of rotatable bonds is 3. The predicted octanol–water partition coefficient (Wildman–Crippen LogP) is -0.0909. The minimum Gasteiger partial charge on any atom is -0.394 e. The molecule has 2 aromatic rings. The number of nitrogens with zero attached hydrogens (tertiary/aromatic N) is 1. The SMILES string of the molecule is O=c1ccn([C@@H]2O[C@H](CO)[C@H]3O[C@@H](c4ccccc4)O[C@H]32)c(=O)[nH]1. The summed E-state index contributed by atoms with van der Waals surface area (Å²) < 4.78 is 18.8. The molecule has 0 saturated carbocycles. The van der Waals surface area contributed by atoms with E-state index in [0.717, 1.165) is 5.56 Å². The number of aliphatic hydroxyl groups is 1. The molecule has 24 heavy (non-hydrogen) atoms. The monoisotopic (exact) mass is 332 g/mol. The van der Waals surface area contributed by atoms with Gasteiger partial charge in [-0.15, -0.1) is 0 Å². The van der Waals surface area contributed by atoms with E-state index >= 15 is 0 Å². The standard InChI is InChI=1S/C16H16N2O6/c19-8-10-12-13(24-15(23-12)9-4-2-1-3-5-9)14(22-10)18-7-6-11(20)17-16(18)21/h1-7,10,12-15,19H,8H2,(H,17,20,21)/t10-,12-,13-,14-,15-/m1/s1. The fourth-order valence-corrected chi connectivity index (χ4v) is 3.10. The Morgan fingerprint density at radius 1 is 1.04 bits per heavy atom. The molecule has 8 nitrogen and oxygen atoms in total. The first kappa shape index (κ1) is 15.3. The van der Waals surface area contributed by atoms with Gasteiger partial charge in [-0.1, -0.05) is 30.3 Å². The van der Waals surface area contributed by atoms with Gasteiger partial charge in [-0.05, 0) is 0 Å². The molecule has 5 atom stereocenters. The van der Waals surface area contributed by atoms with E-state index in [2.05, 4.69) is 4.98 Å². The quantitative estimate of drug-likeness (QED) is 0.814. The van der Waals surface area contributed by atoms with Crippen molar-refractivity contribution in [1.82, 2.24) is 9.55 Å². The third-order valence-corrected chi connectivity index (χ3v) is 4.22. The Hall–Kier alpha value is -2.26. The molecule has 0 unspecified atom stereocenters. The zero-order valence-electron chi connectivity index (χ0n) is 12.6. The second-order valence-corrected chi connectivity index (χ2v) is 5.71. The van der Waals surface area contributed by atoms with Crippen LogP contribution in [0.25, 0.3) is 0 Å². The number of H-pyrrole nitrogens is 1. The summed E-state index contributed by atoms with van der Waals surface area (Å²) in [6.45, 7) is -0.263. The van der Waals surface area contributed by atoms with E-state index in [1.807, 2.05) is 30.3 Å². The van der Waals surface area contributed by atoms with E-state index < -0.39 is 42.1 Å². The van der Waals surface area contributed by atoms with Crippen molar-refractivity contribution < 1.29 is 19.3 Å². The first-order valence-electron chi connectivity index (χ1n) is 7.61. The maximum atomic E-state index is 12.0. The second kappa shape index (κ2) is 5.99. The molecule has 0 radical (unpaired) electrons. The Kier molecular flexibility index (Phi) is 3.81. The molecule has 2 aliphatic rings. The average molecular weight is 332 g/mol. The van der Waals surface area contributed by atoms with Gasteiger partial charge in [-0.25, -0.2) is 4.79 Å². The zero-order chi connectivity index (χ0) is 16.7. The summed E-state index contributed by atoms with van der Waals surface area (Å²) >= 11 is 0. The molecular weight excluding hydrogens is 316 g/mol. The number of aromatic nitrogens is 2. The number of nitrogens with one attached hydrogen (secondary N) is 1. The molecule has 1 aromatic carbocycles. The van der Waals surface area contributed by atoms with Gasteiger partial charge in [0.25, 0.3) is 5.56 Å². The molecule has 0 amide bonds. The molecular formula is C16H16N2O6. The van der Waals surface area contributed by atoms with Crippen molar-refractivity contribution in [3.05, 3.63) is 69.0 Å². The van der Waals surface area contributed by atoms with Crippen molar-refractivity contribution in [3.8, 4) is 0 Å². The fourth-order valence-electron chi connectivity index (χ4n) is 3.10. The highest BCUT2D eigenvalue weighted by Crippen LogP contribution is 2.43. The van der Waals surface area contributed by atoms with E-state index in [1.165, 1.54) is 16.8 Å². The van der Waals surface area contributed by atoms with Crippen LogP contribution in [0.2, 0.25) is 0 Å². The van der Waals surface area contributed by atoms with Crippen LogP contribution >= 0.6 is 0 Å². The molecule has 126 valence electrons. The predicted molar refractivity (Wildman–Crippen MR) is 81.2 cm³/mol. The number of benzene rings is 1. The summed E-state index contributed by atoms with van der Waals surface area (Å²) in [5.41, 5.74) is -0.247. The summed E-state index contributed by atoms with van der Waals surface area (Å²) in [7, 11) is 0. The fraction of sp³-hybridized carbons (Fsp3) is 0.375. The van der Waals surface area contributed by atoms with E-state index in [4.69, 9.17) is 14.2 Å². The molecule has 3 heterocycles. The number of hydrogen-bond acceptors (Lipinski definition) is 6. The van der Waals surface area contributed by atoms with Crippen molar-refractivity contribution in [3.63, 3.8) is 0 Å². The average Bonchev–Trinajstić information content (AvgIpc) is 3.15. The Labute approximate surface area is 136 Å². The van der Waals surface area contributed by atoms with Gasteiger partial charge >= 0.3 is 5.69 Å². The molecule has 2 N–H and O–H groups in total. The minimum atomic E-state index is -0.787. The number of fused-ring (bicyclic) bond motifs is 1. The van der Waals surface area contributed by atoms with E-state index in [-0.39, 0.29) is 6.61 Å². The number of aliphatic hydroxyl groups excluding tert-OH is 1. The molecule has 2 aliphatic heterocycles. The molecule has 1 aromatic heterocycles. The largest absolute Gasteiger partial charge is 0.394 e. The van der Waals surface area contributed by atoms with Crippen LogP contribution in [-0.2, 0) is 14.2 Å². The third-order valence-electron chi connectivity index (χ3n) is 4.22. The minimum absolute atomic E-state index is 0.263. The molecule has 0 bridgehead atoms. The lowest BCUT2D eigenvalue weighted by Crippen LogP contribution is -2.36. The summed E-state index contributed by atoms with van der Waals surface area (Å²) in [5, 5.41) is 9.54. The molecule has 0 aliphatic carbocycles. The van der Waals surface area contributed by atoms with Crippen LogP contribution in [0.3, 0.4) is 0 Å². The number of ether oxygens (including phenoxy) is 3. The van der Waals surface area contributed by atoms with E-state index in [0.29, 0.717) is 0 Å². The Morgan fingerprint density at radius 2 is 1.79 bits per heavy atom. The van der Waals surface area contributed by atoms with Crippen molar-refractivity contribution in [1.29, 1.82) is 0 Å². The lowest BCUT2D eigenvalue weighted by atomic mass is 10.1. The van der Waals surface area contributed by atoms with Gasteiger partial charge in [0, 0.05) is 17.8 Å². The lowest BCUT2D eigenvalue weighted by molar-refractivity contribution is -0.155. The van der Waals surface area contributed by atoms with Crippen LogP contribution in [-0.4, -0.2) is 39.6 Å². The van der Waals surface area contributed by atoms with Gasteiger partial charge in [0.05, 0.1) is 6.61 Å². The maximum absolute atomic E-state index is 12.0. The smallest absolute Gasteiger partial charge is 0.330 e.